The van der Waals surface area contributed by atoms with Crippen LogP contribution in [0.5, 0.6) is 0 Å². The second-order valence-electron chi connectivity index (χ2n) is 17.3. The van der Waals surface area contributed by atoms with Gasteiger partial charge < -0.3 is 5.32 Å². The maximum atomic E-state index is 4.52. The van der Waals surface area contributed by atoms with Crippen LogP contribution in [0.4, 0.5) is 11.4 Å². The van der Waals surface area contributed by atoms with Crippen molar-refractivity contribution in [3.63, 3.8) is 0 Å². The summed E-state index contributed by atoms with van der Waals surface area (Å²) in [7, 11) is -0.304. The monoisotopic (exact) mass is 999 g/mol. The number of rotatable bonds is 8. The Morgan fingerprint density at radius 2 is 0.714 bits per heavy atom. The summed E-state index contributed by atoms with van der Waals surface area (Å²) in [4.78, 5) is 0. The zero-order valence-corrected chi connectivity index (χ0v) is 42.2. The van der Waals surface area contributed by atoms with Crippen molar-refractivity contribution in [1.29, 1.82) is 0 Å². The second-order valence-corrected chi connectivity index (χ2v) is 22.3. The molecule has 0 atom stereocenters. The van der Waals surface area contributed by atoms with E-state index in [1.54, 1.807) is 21.2 Å². The third-order valence-electron chi connectivity index (χ3n) is 11.4. The molecule has 2 saturated carbocycles. The van der Waals surface area contributed by atoms with Gasteiger partial charge in [0, 0.05) is 0 Å². The molecule has 0 saturated heterocycles. The van der Waals surface area contributed by atoms with Gasteiger partial charge in [-0.25, -0.2) is 0 Å². The van der Waals surface area contributed by atoms with Gasteiger partial charge in [0.05, 0.1) is 0 Å². The summed E-state index contributed by atoms with van der Waals surface area (Å²) in [6.45, 7) is 10.8. The number of hydrogen-bond acceptors (Lipinski definition) is 0. The predicted molar refractivity (Wildman–Crippen MR) is 272 cm³/mol. The minimum absolute atomic E-state index is 0. The Balaban J connectivity index is 0.000000186. The second kappa shape index (κ2) is 27.6. The number of aryl methyl sites for hydroxylation is 2. The molecule has 0 amide bonds. The molecule has 328 valence electrons. The third kappa shape index (κ3) is 17.0. The molecule has 7 aromatic rings. The molecule has 9 rings (SSSR count). The SMILES string of the molecule is CC(C)(C)c1cc[c-]cc1.Cc1ccc([N-]c2ccc(C)cc2)cc1.[Fe+2].[Pd+2].c1ccc(P(c2ccccc2)C2CCCC2)cc1.c1ccc(P(c2ccccc2)C2CCCC2)cc1. The van der Waals surface area contributed by atoms with Crippen molar-refractivity contribution >= 4 is 48.4 Å². The minimum atomic E-state index is -0.152. The average molecular weight is 1000 g/mol. The van der Waals surface area contributed by atoms with Gasteiger partial charge >= 0.3 is 37.5 Å². The molecule has 0 spiro atoms. The molecule has 0 aromatic heterocycles. The van der Waals surface area contributed by atoms with E-state index in [1.807, 2.05) is 36.4 Å². The van der Waals surface area contributed by atoms with E-state index >= 15 is 0 Å². The first kappa shape index (κ1) is 52.0. The van der Waals surface area contributed by atoms with Crippen molar-refractivity contribution in [3.05, 3.63) is 222 Å². The Morgan fingerprint density at radius 1 is 0.429 bits per heavy atom. The van der Waals surface area contributed by atoms with E-state index < -0.39 is 0 Å². The molecule has 2 aliphatic rings. The molecule has 7 aromatic carbocycles. The first-order chi connectivity index (χ1) is 29.7. The molecule has 0 aliphatic heterocycles. The average Bonchev–Trinajstić information content (AvgIpc) is 4.04. The quantitative estimate of drug-likeness (QED) is 0.0818. The molecule has 5 heteroatoms. The number of nitrogens with zero attached hydrogens (tertiary/aromatic N) is 1. The van der Waals surface area contributed by atoms with Crippen molar-refractivity contribution in [2.45, 2.75) is 103 Å². The Kier molecular flexibility index (Phi) is 22.8. The summed E-state index contributed by atoms with van der Waals surface area (Å²) < 4.78 is 0. The molecule has 0 unspecified atom stereocenters. The Bertz CT molecular complexity index is 2000. The smallest absolute Gasteiger partial charge is 0.658 e. The zero-order valence-electron chi connectivity index (χ0n) is 37.8. The van der Waals surface area contributed by atoms with E-state index in [-0.39, 0.29) is 58.7 Å². The van der Waals surface area contributed by atoms with E-state index in [2.05, 4.69) is 204 Å². The fourth-order valence-corrected chi connectivity index (χ4v) is 14.1. The summed E-state index contributed by atoms with van der Waals surface area (Å²) in [5.74, 6) is 0. The first-order valence-corrected chi connectivity index (χ1v) is 25.2. The van der Waals surface area contributed by atoms with Gasteiger partial charge in [0.1, 0.15) is 0 Å². The molecule has 1 nitrogen and oxygen atoms in total. The number of hydrogen-bond donors (Lipinski definition) is 0. The van der Waals surface area contributed by atoms with Crippen LogP contribution >= 0.6 is 15.8 Å². The Labute approximate surface area is 408 Å². The molecular formula is C58H65FeNP2Pd+2. The van der Waals surface area contributed by atoms with Crippen LogP contribution in [-0.2, 0) is 42.9 Å². The van der Waals surface area contributed by atoms with Gasteiger partial charge in [-0.1, -0.05) is 227 Å². The summed E-state index contributed by atoms with van der Waals surface area (Å²) in [6.07, 6.45) is 11.3. The number of benzene rings is 7. The van der Waals surface area contributed by atoms with Crippen molar-refractivity contribution in [2.24, 2.45) is 0 Å². The summed E-state index contributed by atoms with van der Waals surface area (Å²) in [6, 6.07) is 72.1. The molecule has 2 aliphatic carbocycles. The van der Waals surface area contributed by atoms with Crippen molar-refractivity contribution in [1.82, 2.24) is 0 Å². The largest absolute Gasteiger partial charge is 2.00 e. The fourth-order valence-electron chi connectivity index (χ4n) is 8.10. The molecule has 0 N–H and O–H groups in total. The zero-order chi connectivity index (χ0) is 42.7. The minimum Gasteiger partial charge on any atom is -0.658 e. The molecule has 0 heterocycles. The topological polar surface area (TPSA) is 14.1 Å². The van der Waals surface area contributed by atoms with Crippen LogP contribution in [0.15, 0.2) is 194 Å². The standard InChI is InChI=1S/2C17H19P.C14H14N.C10H13.Fe.Pd/c2*1-3-9-15(10-4-1)18(17-13-7-8-14-17)16-11-5-2-6-12-16;1-11-3-7-13(8-4-11)15-14-9-5-12(2)6-10-14;1-10(2,3)9-7-5-4-6-8-9;;/h2*1-6,9-12,17H,7-8,13-14H2;3-10H,1-2H3;5-8H,1-3H3;;/q;;2*-1;2*+2. The van der Waals surface area contributed by atoms with Crippen LogP contribution in [-0.4, -0.2) is 11.3 Å². The first-order valence-electron chi connectivity index (χ1n) is 22.3. The van der Waals surface area contributed by atoms with Gasteiger partial charge in [-0.15, -0.1) is 11.4 Å². The molecule has 0 radical (unpaired) electrons. The molecule has 0 bridgehead atoms. The Morgan fingerprint density at radius 3 is 0.968 bits per heavy atom. The van der Waals surface area contributed by atoms with Gasteiger partial charge in [-0.05, 0) is 93.3 Å². The Hall–Kier alpha value is -3.62. The third-order valence-corrected chi connectivity index (χ3v) is 17.3. The van der Waals surface area contributed by atoms with Gasteiger partial charge in [-0.2, -0.15) is 35.9 Å². The van der Waals surface area contributed by atoms with Crippen LogP contribution < -0.4 is 21.2 Å². The van der Waals surface area contributed by atoms with E-state index in [0.717, 1.165) is 22.7 Å². The van der Waals surface area contributed by atoms with E-state index in [9.17, 15) is 0 Å². The van der Waals surface area contributed by atoms with E-state index in [0.29, 0.717) is 0 Å². The maximum absolute atomic E-state index is 4.52. The molecular weight excluding hydrogens is 935 g/mol. The van der Waals surface area contributed by atoms with Crippen LogP contribution in [0.1, 0.15) is 88.8 Å². The van der Waals surface area contributed by atoms with Gasteiger partial charge in [-0.3, -0.25) is 0 Å². The van der Waals surface area contributed by atoms with Crippen molar-refractivity contribution in [3.8, 4) is 0 Å². The van der Waals surface area contributed by atoms with Gasteiger partial charge in [0.2, 0.25) is 0 Å². The fraction of sp³-hybridized carbons (Fsp3) is 0.276. The van der Waals surface area contributed by atoms with Crippen LogP contribution in [0.2, 0.25) is 0 Å². The van der Waals surface area contributed by atoms with Gasteiger partial charge in [0.15, 0.2) is 0 Å². The van der Waals surface area contributed by atoms with Crippen LogP contribution in [0.25, 0.3) is 5.32 Å². The summed E-state index contributed by atoms with van der Waals surface area (Å²) >= 11 is 0. The van der Waals surface area contributed by atoms with Crippen LogP contribution in [0, 0.1) is 19.9 Å². The summed E-state index contributed by atoms with van der Waals surface area (Å²) in [5, 5.41) is 10.7. The molecule has 63 heavy (non-hydrogen) atoms. The normalized spacial score (nSPS) is 13.5. The van der Waals surface area contributed by atoms with E-state index in [4.69, 9.17) is 0 Å². The predicted octanol–water partition coefficient (Wildman–Crippen LogP) is 15.5. The van der Waals surface area contributed by atoms with Crippen molar-refractivity contribution in [2.75, 3.05) is 0 Å². The maximum Gasteiger partial charge on any atom is 2.00 e. The van der Waals surface area contributed by atoms with Gasteiger partial charge in [0.25, 0.3) is 0 Å². The molecule has 2 fully saturated rings. The van der Waals surface area contributed by atoms with Crippen LogP contribution in [0.3, 0.4) is 0 Å². The summed E-state index contributed by atoms with van der Waals surface area (Å²) in [5.41, 5.74) is 7.96. The van der Waals surface area contributed by atoms with E-state index in [1.165, 1.54) is 68.1 Å². The van der Waals surface area contributed by atoms with Crippen molar-refractivity contribution < 1.29 is 37.5 Å².